The highest BCUT2D eigenvalue weighted by molar-refractivity contribution is 5.94. The van der Waals surface area contributed by atoms with Crippen LogP contribution in [0.3, 0.4) is 0 Å². The van der Waals surface area contributed by atoms with E-state index in [0.717, 1.165) is 6.07 Å². The number of ether oxygens (including phenoxy) is 1. The van der Waals surface area contributed by atoms with Gasteiger partial charge in [-0.1, -0.05) is 12.1 Å². The Hall–Kier alpha value is -3.08. The van der Waals surface area contributed by atoms with Crippen LogP contribution in [0.2, 0.25) is 0 Å². The summed E-state index contributed by atoms with van der Waals surface area (Å²) < 4.78 is 33.9. The number of carbonyl (C=O) groups is 2. The molecule has 2 aromatic rings. The minimum absolute atomic E-state index is 0.0634. The van der Waals surface area contributed by atoms with Gasteiger partial charge in [0.15, 0.2) is 0 Å². The summed E-state index contributed by atoms with van der Waals surface area (Å²) in [6, 6.07) is 9.61. The molecule has 170 valence electrons. The SMILES string of the molecule is NNC(=O)c1ccc(CN(C(=O)N2CCN(C3COC3)CC2)c2cccc(F)c2)c(F)c1. The normalized spacial score (nSPS) is 17.0. The molecule has 0 atom stereocenters. The molecule has 2 saturated heterocycles. The van der Waals surface area contributed by atoms with Crippen molar-refractivity contribution in [2.45, 2.75) is 12.6 Å². The van der Waals surface area contributed by atoms with Gasteiger partial charge in [0.1, 0.15) is 11.6 Å². The second kappa shape index (κ2) is 9.60. The third-order valence-corrected chi connectivity index (χ3v) is 5.85. The molecule has 2 fully saturated rings. The summed E-state index contributed by atoms with van der Waals surface area (Å²) in [4.78, 5) is 30.4. The van der Waals surface area contributed by atoms with Crippen LogP contribution in [0.25, 0.3) is 0 Å². The maximum atomic E-state index is 14.7. The molecule has 3 amide bonds. The maximum absolute atomic E-state index is 14.7. The van der Waals surface area contributed by atoms with E-state index in [-0.39, 0.29) is 23.7 Å². The number of nitrogen functional groups attached to an aromatic ring is 1. The van der Waals surface area contributed by atoms with Crippen molar-refractivity contribution < 1.29 is 23.1 Å². The van der Waals surface area contributed by atoms with Gasteiger partial charge in [-0.3, -0.25) is 20.0 Å². The number of anilines is 1. The predicted octanol–water partition coefficient (Wildman–Crippen LogP) is 1.71. The number of rotatable bonds is 5. The van der Waals surface area contributed by atoms with E-state index in [2.05, 4.69) is 4.90 Å². The molecule has 0 unspecified atom stereocenters. The number of halogens is 2. The number of nitrogens with one attached hydrogen (secondary N) is 1. The minimum Gasteiger partial charge on any atom is -0.378 e. The van der Waals surface area contributed by atoms with Gasteiger partial charge in [0.2, 0.25) is 0 Å². The Bertz CT molecular complexity index is 993. The molecule has 0 aromatic heterocycles. The first kappa shape index (κ1) is 22.1. The zero-order valence-electron chi connectivity index (χ0n) is 17.5. The molecule has 2 aromatic carbocycles. The van der Waals surface area contributed by atoms with E-state index in [4.69, 9.17) is 10.6 Å². The van der Waals surface area contributed by atoms with Gasteiger partial charge in [-0.05, 0) is 30.3 Å². The molecule has 4 rings (SSSR count). The zero-order chi connectivity index (χ0) is 22.7. The van der Waals surface area contributed by atoms with Gasteiger partial charge in [0.25, 0.3) is 5.91 Å². The summed E-state index contributed by atoms with van der Waals surface area (Å²) >= 11 is 0. The van der Waals surface area contributed by atoms with Crippen LogP contribution in [-0.2, 0) is 11.3 Å². The van der Waals surface area contributed by atoms with Crippen LogP contribution < -0.4 is 16.2 Å². The topological polar surface area (TPSA) is 91.1 Å². The fourth-order valence-electron chi connectivity index (χ4n) is 3.87. The third kappa shape index (κ3) is 4.72. The molecule has 0 bridgehead atoms. The second-order valence-corrected chi connectivity index (χ2v) is 7.84. The van der Waals surface area contributed by atoms with E-state index in [0.29, 0.717) is 51.1 Å². The smallest absolute Gasteiger partial charge is 0.324 e. The number of nitrogens with two attached hydrogens (primary N) is 1. The van der Waals surface area contributed by atoms with Crippen molar-refractivity contribution in [2.75, 3.05) is 44.3 Å². The second-order valence-electron chi connectivity index (χ2n) is 7.84. The van der Waals surface area contributed by atoms with Crippen LogP contribution in [0.1, 0.15) is 15.9 Å². The van der Waals surface area contributed by atoms with Gasteiger partial charge in [-0.15, -0.1) is 0 Å². The minimum atomic E-state index is -0.657. The molecular weight excluding hydrogens is 420 g/mol. The standard InChI is InChI=1S/C22H25F2N5O3/c23-17-2-1-3-18(11-17)29(12-16-5-4-15(10-20(16)24)21(30)26-25)22(31)28-8-6-27(7-9-28)19-13-32-14-19/h1-5,10-11,19H,6-9,12-14,25H2,(H,26,30). The Morgan fingerprint density at radius 2 is 1.84 bits per heavy atom. The van der Waals surface area contributed by atoms with Crippen LogP contribution >= 0.6 is 0 Å². The van der Waals surface area contributed by atoms with Crippen LogP contribution in [0.5, 0.6) is 0 Å². The van der Waals surface area contributed by atoms with E-state index < -0.39 is 17.5 Å². The van der Waals surface area contributed by atoms with E-state index in [9.17, 15) is 18.4 Å². The Morgan fingerprint density at radius 1 is 1.09 bits per heavy atom. The molecule has 0 radical (unpaired) electrons. The molecule has 2 aliphatic rings. The number of hydrazine groups is 1. The first-order valence-corrected chi connectivity index (χ1v) is 10.4. The fourth-order valence-corrected chi connectivity index (χ4v) is 3.87. The molecular formula is C22H25F2N5O3. The Balaban J connectivity index is 1.54. The number of urea groups is 1. The third-order valence-electron chi connectivity index (χ3n) is 5.85. The molecule has 3 N–H and O–H groups in total. The van der Waals surface area contributed by atoms with Gasteiger partial charge < -0.3 is 9.64 Å². The lowest BCUT2D eigenvalue weighted by atomic mass is 10.1. The molecule has 8 nitrogen and oxygen atoms in total. The lowest BCUT2D eigenvalue weighted by Crippen LogP contribution is -2.59. The molecule has 0 spiro atoms. The summed E-state index contributed by atoms with van der Waals surface area (Å²) in [6.45, 7) is 3.76. The summed E-state index contributed by atoms with van der Waals surface area (Å²) in [7, 11) is 0. The van der Waals surface area contributed by atoms with Crippen LogP contribution in [-0.4, -0.2) is 67.2 Å². The quantitative estimate of drug-likeness (QED) is 0.416. The summed E-state index contributed by atoms with van der Waals surface area (Å²) in [5.41, 5.74) is 2.54. The number of carbonyl (C=O) groups excluding carboxylic acids is 2. The van der Waals surface area contributed by atoms with E-state index in [1.807, 2.05) is 5.43 Å². The summed E-state index contributed by atoms with van der Waals surface area (Å²) in [6.07, 6.45) is 0. The number of amides is 3. The number of piperazine rings is 1. The van der Waals surface area contributed by atoms with E-state index >= 15 is 0 Å². The summed E-state index contributed by atoms with van der Waals surface area (Å²) in [5.74, 6) is 3.33. The van der Waals surface area contributed by atoms with E-state index in [1.165, 1.54) is 35.2 Å². The van der Waals surface area contributed by atoms with E-state index in [1.54, 1.807) is 11.0 Å². The predicted molar refractivity (Wildman–Crippen MR) is 114 cm³/mol. The van der Waals surface area contributed by atoms with Gasteiger partial charge >= 0.3 is 6.03 Å². The monoisotopic (exact) mass is 445 g/mol. The first-order chi connectivity index (χ1) is 15.5. The Morgan fingerprint density at radius 3 is 2.44 bits per heavy atom. The van der Waals surface area contributed by atoms with Crippen molar-refractivity contribution in [1.82, 2.24) is 15.2 Å². The number of benzene rings is 2. The highest BCUT2D eigenvalue weighted by Crippen LogP contribution is 2.23. The molecule has 0 saturated carbocycles. The maximum Gasteiger partial charge on any atom is 0.324 e. The largest absolute Gasteiger partial charge is 0.378 e. The molecule has 0 aliphatic carbocycles. The lowest BCUT2D eigenvalue weighted by molar-refractivity contribution is -0.0738. The number of nitrogens with zero attached hydrogens (tertiary/aromatic N) is 3. The zero-order valence-corrected chi connectivity index (χ0v) is 17.5. The molecule has 10 heteroatoms. The average molecular weight is 445 g/mol. The first-order valence-electron chi connectivity index (χ1n) is 10.4. The van der Waals surface area contributed by atoms with Gasteiger partial charge in [-0.2, -0.15) is 0 Å². The van der Waals surface area contributed by atoms with Crippen molar-refractivity contribution in [3.63, 3.8) is 0 Å². The van der Waals surface area contributed by atoms with Gasteiger partial charge in [0.05, 0.1) is 25.8 Å². The van der Waals surface area contributed by atoms with Crippen LogP contribution in [0, 0.1) is 11.6 Å². The Kier molecular flexibility index (Phi) is 6.63. The molecule has 2 heterocycles. The van der Waals surface area contributed by atoms with Crippen molar-refractivity contribution in [3.05, 3.63) is 65.2 Å². The van der Waals surface area contributed by atoms with Crippen molar-refractivity contribution >= 4 is 17.6 Å². The lowest BCUT2D eigenvalue weighted by Gasteiger charge is -2.43. The number of hydrogen-bond acceptors (Lipinski definition) is 5. The average Bonchev–Trinajstić information content (AvgIpc) is 2.76. The fraction of sp³-hybridized carbons (Fsp3) is 0.364. The van der Waals surface area contributed by atoms with Crippen molar-refractivity contribution in [2.24, 2.45) is 5.84 Å². The van der Waals surface area contributed by atoms with Crippen LogP contribution in [0.4, 0.5) is 19.3 Å². The summed E-state index contributed by atoms with van der Waals surface area (Å²) in [5, 5.41) is 0. The highest BCUT2D eigenvalue weighted by atomic mass is 19.1. The molecule has 2 aliphatic heterocycles. The Labute approximate surface area is 184 Å². The van der Waals surface area contributed by atoms with Gasteiger partial charge in [-0.25, -0.2) is 19.4 Å². The van der Waals surface area contributed by atoms with Gasteiger partial charge in [0, 0.05) is 43.0 Å². The van der Waals surface area contributed by atoms with Crippen molar-refractivity contribution in [1.29, 1.82) is 0 Å². The molecule has 32 heavy (non-hydrogen) atoms. The number of hydrogen-bond donors (Lipinski definition) is 2. The van der Waals surface area contributed by atoms with Crippen LogP contribution in [0.15, 0.2) is 42.5 Å². The van der Waals surface area contributed by atoms with Crippen molar-refractivity contribution in [3.8, 4) is 0 Å². The highest BCUT2D eigenvalue weighted by Gasteiger charge is 2.32.